The van der Waals surface area contributed by atoms with Crippen LogP contribution in [0.5, 0.6) is 0 Å². The molecule has 2 rings (SSSR count). The van der Waals surface area contributed by atoms with Crippen molar-refractivity contribution in [1.82, 2.24) is 19.9 Å². The Morgan fingerprint density at radius 1 is 1.37 bits per heavy atom. The average Bonchev–Trinajstić information content (AvgIpc) is 2.98. The molecule has 0 unspecified atom stereocenters. The third-order valence-electron chi connectivity index (χ3n) is 2.70. The lowest BCUT2D eigenvalue weighted by Gasteiger charge is -2.05. The summed E-state index contributed by atoms with van der Waals surface area (Å²) >= 11 is 0. The first-order valence-corrected chi connectivity index (χ1v) is 6.24. The van der Waals surface area contributed by atoms with Crippen molar-refractivity contribution in [3.05, 3.63) is 42.6 Å². The van der Waals surface area contributed by atoms with E-state index in [0.717, 1.165) is 18.7 Å². The first kappa shape index (κ1) is 13.2. The Bertz CT molecular complexity index is 506. The van der Waals surface area contributed by atoms with Crippen LogP contribution in [0.3, 0.4) is 0 Å². The van der Waals surface area contributed by atoms with Gasteiger partial charge in [0.05, 0.1) is 5.56 Å². The molecule has 0 radical (unpaired) electrons. The van der Waals surface area contributed by atoms with E-state index < -0.39 is 0 Å². The minimum Gasteiger partial charge on any atom is -0.352 e. The lowest BCUT2D eigenvalue weighted by Crippen LogP contribution is -2.25. The van der Waals surface area contributed by atoms with E-state index in [0.29, 0.717) is 18.7 Å². The van der Waals surface area contributed by atoms with Crippen molar-refractivity contribution in [3.8, 4) is 5.82 Å². The minimum absolute atomic E-state index is 0.110. The fourth-order valence-electron chi connectivity index (χ4n) is 1.64. The molecule has 2 aromatic heterocycles. The zero-order valence-corrected chi connectivity index (χ0v) is 10.6. The van der Waals surface area contributed by atoms with E-state index in [1.165, 1.54) is 0 Å². The maximum atomic E-state index is 11.8. The third kappa shape index (κ3) is 3.62. The van der Waals surface area contributed by atoms with Gasteiger partial charge in [-0.25, -0.2) is 9.97 Å². The van der Waals surface area contributed by atoms with E-state index >= 15 is 0 Å². The van der Waals surface area contributed by atoms with Gasteiger partial charge in [0.15, 0.2) is 0 Å². The Morgan fingerprint density at radius 3 is 2.89 bits per heavy atom. The van der Waals surface area contributed by atoms with Gasteiger partial charge < -0.3 is 11.1 Å². The van der Waals surface area contributed by atoms with Crippen LogP contribution in [0.1, 0.15) is 23.2 Å². The summed E-state index contributed by atoms with van der Waals surface area (Å²) in [7, 11) is 0. The molecular weight excluding hydrogens is 242 g/mol. The van der Waals surface area contributed by atoms with Crippen LogP contribution in [0, 0.1) is 0 Å². The number of nitrogens with zero attached hydrogens (tertiary/aromatic N) is 3. The molecular formula is C13H17N5O. The molecule has 3 N–H and O–H groups in total. The molecule has 0 aromatic carbocycles. The van der Waals surface area contributed by atoms with Crippen LogP contribution in [0.15, 0.2) is 37.1 Å². The molecule has 0 aliphatic carbocycles. The first-order valence-electron chi connectivity index (χ1n) is 6.24. The van der Waals surface area contributed by atoms with Crippen LogP contribution >= 0.6 is 0 Å². The van der Waals surface area contributed by atoms with Gasteiger partial charge in [-0.1, -0.05) is 0 Å². The zero-order valence-electron chi connectivity index (χ0n) is 10.6. The SMILES string of the molecule is NCCCCNC(=O)c1ccc(-n2ccnc2)nc1. The Labute approximate surface area is 111 Å². The summed E-state index contributed by atoms with van der Waals surface area (Å²) < 4.78 is 1.78. The van der Waals surface area contributed by atoms with Gasteiger partial charge in [-0.3, -0.25) is 9.36 Å². The Morgan fingerprint density at radius 2 is 2.26 bits per heavy atom. The fraction of sp³-hybridized carbons (Fsp3) is 0.308. The summed E-state index contributed by atoms with van der Waals surface area (Å²) in [6.07, 6.45) is 8.51. The largest absolute Gasteiger partial charge is 0.352 e. The molecule has 100 valence electrons. The van der Waals surface area contributed by atoms with Crippen molar-refractivity contribution in [1.29, 1.82) is 0 Å². The molecule has 0 atom stereocenters. The Hall–Kier alpha value is -2.21. The molecule has 0 aliphatic rings. The molecule has 19 heavy (non-hydrogen) atoms. The van der Waals surface area contributed by atoms with Crippen molar-refractivity contribution >= 4 is 5.91 Å². The predicted molar refractivity (Wildman–Crippen MR) is 72.0 cm³/mol. The molecule has 0 saturated heterocycles. The molecule has 1 amide bonds. The number of rotatable bonds is 6. The number of nitrogens with two attached hydrogens (primary N) is 1. The number of carbonyl (C=O) groups is 1. The maximum absolute atomic E-state index is 11.8. The lowest BCUT2D eigenvalue weighted by atomic mass is 10.2. The topological polar surface area (TPSA) is 85.8 Å². The number of hydrogen-bond donors (Lipinski definition) is 2. The average molecular weight is 259 g/mol. The van der Waals surface area contributed by atoms with E-state index in [9.17, 15) is 4.79 Å². The molecule has 0 spiro atoms. The van der Waals surface area contributed by atoms with E-state index in [-0.39, 0.29) is 5.91 Å². The summed E-state index contributed by atoms with van der Waals surface area (Å²) in [5, 5.41) is 2.83. The fourth-order valence-corrected chi connectivity index (χ4v) is 1.64. The van der Waals surface area contributed by atoms with Crippen LogP contribution in [0.2, 0.25) is 0 Å². The number of amides is 1. The monoisotopic (exact) mass is 259 g/mol. The van der Waals surface area contributed by atoms with Gasteiger partial charge in [0.2, 0.25) is 0 Å². The number of aromatic nitrogens is 3. The highest BCUT2D eigenvalue weighted by Crippen LogP contribution is 2.05. The smallest absolute Gasteiger partial charge is 0.252 e. The zero-order chi connectivity index (χ0) is 13.5. The molecule has 6 heteroatoms. The van der Waals surface area contributed by atoms with E-state index in [1.807, 2.05) is 0 Å². The standard InChI is InChI=1S/C13H17N5O/c14-5-1-2-6-16-13(19)11-3-4-12(17-9-11)18-8-7-15-10-18/h3-4,7-10H,1-2,5-6,14H2,(H,16,19). The number of hydrogen-bond acceptors (Lipinski definition) is 4. The molecule has 6 nitrogen and oxygen atoms in total. The first-order chi connectivity index (χ1) is 9.31. The van der Waals surface area contributed by atoms with Crippen molar-refractivity contribution in [2.75, 3.05) is 13.1 Å². The normalized spacial score (nSPS) is 10.4. The van der Waals surface area contributed by atoms with Gasteiger partial charge in [0, 0.05) is 25.1 Å². The van der Waals surface area contributed by atoms with Gasteiger partial charge in [0.1, 0.15) is 12.1 Å². The highest BCUT2D eigenvalue weighted by atomic mass is 16.1. The van der Waals surface area contributed by atoms with Crippen molar-refractivity contribution in [3.63, 3.8) is 0 Å². The van der Waals surface area contributed by atoms with Gasteiger partial charge in [-0.2, -0.15) is 0 Å². The summed E-state index contributed by atoms with van der Waals surface area (Å²) in [5.41, 5.74) is 5.94. The molecule has 2 aromatic rings. The third-order valence-corrected chi connectivity index (χ3v) is 2.70. The van der Waals surface area contributed by atoms with Crippen molar-refractivity contribution in [2.45, 2.75) is 12.8 Å². The molecule has 0 bridgehead atoms. The number of carbonyl (C=O) groups excluding carboxylic acids is 1. The second-order valence-electron chi connectivity index (χ2n) is 4.13. The van der Waals surface area contributed by atoms with Crippen LogP contribution < -0.4 is 11.1 Å². The number of nitrogens with one attached hydrogen (secondary N) is 1. The van der Waals surface area contributed by atoms with E-state index in [1.54, 1.807) is 41.6 Å². The molecule has 0 fully saturated rings. The second kappa shape index (κ2) is 6.65. The van der Waals surface area contributed by atoms with Crippen LogP contribution in [0.4, 0.5) is 0 Å². The van der Waals surface area contributed by atoms with Crippen LogP contribution in [-0.4, -0.2) is 33.5 Å². The van der Waals surface area contributed by atoms with Gasteiger partial charge in [-0.15, -0.1) is 0 Å². The summed E-state index contributed by atoms with van der Waals surface area (Å²) in [6.45, 7) is 1.29. The highest BCUT2D eigenvalue weighted by Gasteiger charge is 2.05. The van der Waals surface area contributed by atoms with Crippen molar-refractivity contribution < 1.29 is 4.79 Å². The maximum Gasteiger partial charge on any atom is 0.252 e. The number of pyridine rings is 1. The van der Waals surface area contributed by atoms with Crippen LogP contribution in [0.25, 0.3) is 5.82 Å². The van der Waals surface area contributed by atoms with Crippen LogP contribution in [-0.2, 0) is 0 Å². The highest BCUT2D eigenvalue weighted by molar-refractivity contribution is 5.93. The second-order valence-corrected chi connectivity index (χ2v) is 4.13. The lowest BCUT2D eigenvalue weighted by molar-refractivity contribution is 0.0952. The van der Waals surface area contributed by atoms with Crippen molar-refractivity contribution in [2.24, 2.45) is 5.73 Å². The van der Waals surface area contributed by atoms with E-state index in [2.05, 4.69) is 15.3 Å². The Kier molecular flexibility index (Phi) is 4.63. The van der Waals surface area contributed by atoms with E-state index in [4.69, 9.17) is 5.73 Å². The molecule has 0 saturated carbocycles. The summed E-state index contributed by atoms with van der Waals surface area (Å²) in [5.74, 6) is 0.624. The predicted octanol–water partition coefficient (Wildman–Crippen LogP) is 0.736. The molecule has 0 aliphatic heterocycles. The number of imidazole rings is 1. The number of unbranched alkanes of at least 4 members (excludes halogenated alkanes) is 1. The Balaban J connectivity index is 1.93. The van der Waals surface area contributed by atoms with Gasteiger partial charge in [0.25, 0.3) is 5.91 Å². The molecule has 2 heterocycles. The minimum atomic E-state index is -0.110. The van der Waals surface area contributed by atoms with Gasteiger partial charge >= 0.3 is 0 Å². The summed E-state index contributed by atoms with van der Waals surface area (Å²) in [6, 6.07) is 3.54. The quantitative estimate of drug-likeness (QED) is 0.749. The van der Waals surface area contributed by atoms with Gasteiger partial charge in [-0.05, 0) is 31.5 Å². The summed E-state index contributed by atoms with van der Waals surface area (Å²) in [4.78, 5) is 20.0.